The Morgan fingerprint density at radius 3 is 2.65 bits per heavy atom. The van der Waals surface area contributed by atoms with Gasteiger partial charge < -0.3 is 4.74 Å². The molecule has 1 fully saturated rings. The molecule has 0 saturated carbocycles. The molecule has 1 aromatic heterocycles. The summed E-state index contributed by atoms with van der Waals surface area (Å²) < 4.78 is 34.9. The van der Waals surface area contributed by atoms with E-state index in [9.17, 15) is 8.42 Å². The Morgan fingerprint density at radius 1 is 1.11 bits per heavy atom. The molecular weight excluding hydrogens is 531 g/mol. The Morgan fingerprint density at radius 2 is 1.92 bits per heavy atom. The Labute approximate surface area is 228 Å². The summed E-state index contributed by atoms with van der Waals surface area (Å²) in [6.07, 6.45) is 8.35. The molecule has 1 N–H and O–H groups in total. The van der Waals surface area contributed by atoms with Crippen LogP contribution in [0.1, 0.15) is 41.9 Å². The lowest BCUT2D eigenvalue weighted by atomic mass is 9.75. The number of nitrogens with one attached hydrogen (secondary N) is 1. The summed E-state index contributed by atoms with van der Waals surface area (Å²) in [5.74, 6) is 1.06. The highest BCUT2D eigenvalue weighted by Gasteiger charge is 2.35. The van der Waals surface area contributed by atoms with E-state index in [1.807, 2.05) is 18.2 Å². The lowest BCUT2D eigenvalue weighted by Gasteiger charge is -2.39. The van der Waals surface area contributed by atoms with Crippen molar-refractivity contribution >= 4 is 33.2 Å². The van der Waals surface area contributed by atoms with Crippen molar-refractivity contribution in [3.8, 4) is 5.75 Å². The smallest absolute Gasteiger partial charge is 0.243 e. The van der Waals surface area contributed by atoms with Crippen LogP contribution in [0.15, 0.2) is 53.7 Å². The second-order valence-corrected chi connectivity index (χ2v) is 12.4. The van der Waals surface area contributed by atoms with Gasteiger partial charge in [-0.1, -0.05) is 35.3 Å². The number of halogens is 2. The maximum absolute atomic E-state index is 12.4. The van der Waals surface area contributed by atoms with Crippen LogP contribution in [0.25, 0.3) is 0 Å². The molecule has 1 saturated heterocycles. The number of rotatable bonds is 9. The number of nitrogens with zero attached hydrogens (tertiary/aromatic N) is 3. The van der Waals surface area contributed by atoms with Crippen LogP contribution in [0.4, 0.5) is 0 Å². The predicted octanol–water partition coefficient (Wildman–Crippen LogP) is 4.82. The minimum atomic E-state index is -3.61. The topological polar surface area (TPSA) is 76.5 Å². The van der Waals surface area contributed by atoms with E-state index in [4.69, 9.17) is 27.9 Å². The van der Waals surface area contributed by atoms with Gasteiger partial charge in [-0.3, -0.25) is 9.58 Å². The van der Waals surface area contributed by atoms with Crippen LogP contribution >= 0.6 is 23.2 Å². The first kappa shape index (κ1) is 26.5. The largest absolute Gasteiger partial charge is 0.492 e. The van der Waals surface area contributed by atoms with E-state index >= 15 is 0 Å². The van der Waals surface area contributed by atoms with Crippen molar-refractivity contribution < 1.29 is 13.2 Å². The van der Waals surface area contributed by atoms with Crippen LogP contribution in [0.5, 0.6) is 5.75 Å². The van der Waals surface area contributed by atoms with Gasteiger partial charge >= 0.3 is 0 Å². The van der Waals surface area contributed by atoms with Crippen LogP contribution in [0, 0.1) is 0 Å². The first-order valence-corrected chi connectivity index (χ1v) is 15.0. The van der Waals surface area contributed by atoms with Gasteiger partial charge in [-0.25, -0.2) is 13.1 Å². The number of ether oxygens (including phenoxy) is 1. The minimum Gasteiger partial charge on any atom is -0.492 e. The van der Waals surface area contributed by atoms with Crippen LogP contribution in [-0.2, 0) is 29.9 Å². The lowest BCUT2D eigenvalue weighted by Crippen LogP contribution is -2.41. The summed E-state index contributed by atoms with van der Waals surface area (Å²) in [5.41, 5.74) is 3.83. The molecule has 2 atom stereocenters. The Kier molecular flexibility index (Phi) is 8.12. The summed E-state index contributed by atoms with van der Waals surface area (Å²) in [6.45, 7) is 2.68. The van der Waals surface area contributed by atoms with Gasteiger partial charge in [0.15, 0.2) is 0 Å². The summed E-state index contributed by atoms with van der Waals surface area (Å²) in [5, 5.41) is 5.08. The molecule has 3 aromatic rings. The lowest BCUT2D eigenvalue weighted by molar-refractivity contribution is 0.188. The third-order valence-corrected chi connectivity index (χ3v) is 9.55. The molecule has 1 aliphatic heterocycles. The molecule has 1 aliphatic carbocycles. The molecule has 2 unspecified atom stereocenters. The number of aromatic nitrogens is 2. The fraction of sp³-hybridized carbons (Fsp3) is 0.444. The van der Waals surface area contributed by atoms with Gasteiger partial charge in [0.05, 0.1) is 16.2 Å². The monoisotopic (exact) mass is 562 g/mol. The van der Waals surface area contributed by atoms with E-state index in [1.165, 1.54) is 46.6 Å². The SMILES string of the molecule is Cn1cc(S(=O)(=O)NCCOc2ccc3c(c2)C(Cc2ccc(Cl)c(Cl)c2)C(N2CCCC2)CC3)cn1. The molecule has 0 bridgehead atoms. The quantitative estimate of drug-likeness (QED) is 0.378. The van der Waals surface area contributed by atoms with Gasteiger partial charge in [-0.2, -0.15) is 5.10 Å². The summed E-state index contributed by atoms with van der Waals surface area (Å²) in [7, 11) is -1.93. The van der Waals surface area contributed by atoms with Crippen molar-refractivity contribution in [2.24, 2.45) is 7.05 Å². The van der Waals surface area contributed by atoms with Crippen LogP contribution < -0.4 is 9.46 Å². The van der Waals surface area contributed by atoms with Gasteiger partial charge in [0.25, 0.3) is 0 Å². The number of fused-ring (bicyclic) bond motifs is 1. The second kappa shape index (κ2) is 11.3. The van der Waals surface area contributed by atoms with E-state index in [-0.39, 0.29) is 18.0 Å². The maximum atomic E-state index is 12.4. The normalized spacial score (nSPS) is 20.2. The minimum absolute atomic E-state index is 0.141. The first-order chi connectivity index (χ1) is 17.8. The van der Waals surface area contributed by atoms with Gasteiger partial charge in [-0.15, -0.1) is 0 Å². The zero-order valence-corrected chi connectivity index (χ0v) is 23.2. The van der Waals surface area contributed by atoms with E-state index < -0.39 is 10.0 Å². The number of sulfonamides is 1. The molecule has 0 radical (unpaired) electrons. The van der Waals surface area contributed by atoms with Gasteiger partial charge in [0.2, 0.25) is 10.0 Å². The number of hydrogen-bond donors (Lipinski definition) is 1. The van der Waals surface area contributed by atoms with E-state index in [0.717, 1.165) is 38.1 Å². The van der Waals surface area contributed by atoms with Crippen LogP contribution in [-0.4, -0.2) is 55.4 Å². The molecule has 37 heavy (non-hydrogen) atoms. The Bertz CT molecular complexity index is 1360. The highest BCUT2D eigenvalue weighted by molar-refractivity contribution is 7.89. The average Bonchev–Trinajstić information content (AvgIpc) is 3.57. The van der Waals surface area contributed by atoms with Crippen molar-refractivity contribution in [2.45, 2.75) is 49.0 Å². The van der Waals surface area contributed by atoms with Crippen molar-refractivity contribution in [1.82, 2.24) is 19.4 Å². The number of likely N-dealkylation sites (tertiary alicyclic amines) is 1. The molecule has 7 nitrogen and oxygen atoms in total. The molecule has 0 spiro atoms. The number of hydrogen-bond acceptors (Lipinski definition) is 5. The molecular formula is C27H32Cl2N4O3S. The van der Waals surface area contributed by atoms with Crippen molar-refractivity contribution in [3.63, 3.8) is 0 Å². The molecule has 2 aromatic carbocycles. The molecule has 5 rings (SSSR count). The molecule has 0 amide bonds. The third-order valence-electron chi connectivity index (χ3n) is 7.39. The Balaban J connectivity index is 1.31. The van der Waals surface area contributed by atoms with Crippen molar-refractivity contribution in [1.29, 1.82) is 0 Å². The molecule has 198 valence electrons. The van der Waals surface area contributed by atoms with Crippen LogP contribution in [0.3, 0.4) is 0 Å². The van der Waals surface area contributed by atoms with Gasteiger partial charge in [-0.05, 0) is 86.1 Å². The Hall–Kier alpha value is -2.10. The summed E-state index contributed by atoms with van der Waals surface area (Å²) in [4.78, 5) is 2.79. The third kappa shape index (κ3) is 6.15. The standard InChI is InChI=1S/C27H32Cl2N4O3S/c1-32-18-22(17-30-32)37(34,35)31-10-13-36-21-7-5-20-6-9-27(33-11-2-3-12-33)24(23(20)16-21)14-19-4-8-25(28)26(29)15-19/h4-5,7-8,15-18,24,27,31H,2-3,6,9-14H2,1H3. The number of aryl methyl sites for hydroxylation is 2. The van der Waals surface area contributed by atoms with Gasteiger partial charge in [0, 0.05) is 31.7 Å². The highest BCUT2D eigenvalue weighted by atomic mass is 35.5. The van der Waals surface area contributed by atoms with Crippen molar-refractivity contribution in [2.75, 3.05) is 26.2 Å². The summed E-state index contributed by atoms with van der Waals surface area (Å²) >= 11 is 12.5. The molecule has 2 aliphatic rings. The zero-order valence-electron chi connectivity index (χ0n) is 20.9. The molecule has 2 heterocycles. The maximum Gasteiger partial charge on any atom is 0.243 e. The fourth-order valence-corrected chi connectivity index (χ4v) is 6.91. The number of benzene rings is 2. The first-order valence-electron chi connectivity index (χ1n) is 12.7. The predicted molar refractivity (Wildman–Crippen MR) is 146 cm³/mol. The summed E-state index contributed by atoms with van der Waals surface area (Å²) in [6, 6.07) is 12.7. The van der Waals surface area contributed by atoms with E-state index in [2.05, 4.69) is 32.9 Å². The van der Waals surface area contributed by atoms with E-state index in [1.54, 1.807) is 7.05 Å². The average molecular weight is 564 g/mol. The van der Waals surface area contributed by atoms with Crippen LogP contribution in [0.2, 0.25) is 10.0 Å². The molecule has 10 heteroatoms. The second-order valence-electron chi connectivity index (χ2n) is 9.86. The fourth-order valence-electron chi connectivity index (χ4n) is 5.59. The van der Waals surface area contributed by atoms with Gasteiger partial charge in [0.1, 0.15) is 17.3 Å². The zero-order chi connectivity index (χ0) is 26.0. The highest BCUT2D eigenvalue weighted by Crippen LogP contribution is 2.40. The van der Waals surface area contributed by atoms with Crippen molar-refractivity contribution in [3.05, 3.63) is 75.5 Å². The van der Waals surface area contributed by atoms with E-state index in [0.29, 0.717) is 22.0 Å².